The first-order chi connectivity index (χ1) is 16.8. The lowest BCUT2D eigenvalue weighted by Crippen LogP contribution is -2.50. The van der Waals surface area contributed by atoms with Gasteiger partial charge in [-0.1, -0.05) is 48.5 Å². The number of nitrogens with one attached hydrogen (secondary N) is 1. The van der Waals surface area contributed by atoms with Crippen molar-refractivity contribution in [3.05, 3.63) is 59.7 Å². The van der Waals surface area contributed by atoms with E-state index in [1.54, 1.807) is 4.90 Å². The SMILES string of the molecule is CC(CCCC(=O)N1CCC(O)(C(=O)O)CC1)NC(=O)OCC1c2ccccc2-c2ccccc21. The molecule has 8 nitrogen and oxygen atoms in total. The lowest BCUT2D eigenvalue weighted by atomic mass is 9.91. The second-order valence-corrected chi connectivity index (χ2v) is 9.48. The van der Waals surface area contributed by atoms with Crippen molar-refractivity contribution >= 4 is 18.0 Å². The number of ether oxygens (including phenoxy) is 1. The van der Waals surface area contributed by atoms with Crippen LogP contribution in [0.3, 0.4) is 0 Å². The van der Waals surface area contributed by atoms with Gasteiger partial charge in [0.05, 0.1) is 0 Å². The highest BCUT2D eigenvalue weighted by atomic mass is 16.5. The van der Waals surface area contributed by atoms with E-state index < -0.39 is 17.7 Å². The summed E-state index contributed by atoms with van der Waals surface area (Å²) in [7, 11) is 0. The second kappa shape index (κ2) is 10.5. The largest absolute Gasteiger partial charge is 0.479 e. The summed E-state index contributed by atoms with van der Waals surface area (Å²) in [5, 5.41) is 21.9. The van der Waals surface area contributed by atoms with E-state index in [4.69, 9.17) is 9.84 Å². The number of benzene rings is 2. The Morgan fingerprint density at radius 1 is 1.06 bits per heavy atom. The molecular weight excluding hydrogens is 448 g/mol. The van der Waals surface area contributed by atoms with Crippen molar-refractivity contribution in [1.29, 1.82) is 0 Å². The van der Waals surface area contributed by atoms with Gasteiger partial charge in [-0.2, -0.15) is 0 Å². The molecule has 0 radical (unpaired) electrons. The topological polar surface area (TPSA) is 116 Å². The van der Waals surface area contributed by atoms with Crippen molar-refractivity contribution in [1.82, 2.24) is 10.2 Å². The van der Waals surface area contributed by atoms with Crippen LogP contribution in [-0.2, 0) is 14.3 Å². The number of rotatable bonds is 8. The Kier molecular flexibility index (Phi) is 7.40. The standard InChI is InChI=1S/C27H32N2O6/c1-18(7-6-12-24(30)29-15-13-27(34,14-16-29)25(31)32)28-26(33)35-17-23-21-10-4-2-8-19(21)20-9-3-5-11-22(20)23/h2-5,8-11,18,23,34H,6-7,12-17H2,1H3,(H,28,33)(H,31,32). The fourth-order valence-corrected chi connectivity index (χ4v) is 4.97. The number of carboxylic acid groups (broad SMARTS) is 1. The van der Waals surface area contributed by atoms with Gasteiger partial charge in [-0.15, -0.1) is 0 Å². The van der Waals surface area contributed by atoms with Crippen LogP contribution in [0.4, 0.5) is 4.79 Å². The van der Waals surface area contributed by atoms with E-state index in [1.165, 1.54) is 11.1 Å². The number of alkyl carbamates (subject to hydrolysis) is 1. The molecule has 1 atom stereocenters. The zero-order valence-electron chi connectivity index (χ0n) is 19.9. The summed E-state index contributed by atoms with van der Waals surface area (Å²) in [5.74, 6) is -1.30. The summed E-state index contributed by atoms with van der Waals surface area (Å²) in [6.07, 6.45) is 1.10. The number of fused-ring (bicyclic) bond motifs is 3. The van der Waals surface area contributed by atoms with Crippen molar-refractivity contribution in [3.8, 4) is 11.1 Å². The molecule has 2 aromatic rings. The first kappa shape index (κ1) is 24.7. The molecule has 0 aromatic heterocycles. The average Bonchev–Trinajstić information content (AvgIpc) is 3.16. The number of aliphatic carboxylic acids is 1. The molecule has 2 amide bonds. The van der Waals surface area contributed by atoms with Crippen LogP contribution < -0.4 is 5.32 Å². The molecule has 1 aliphatic heterocycles. The maximum absolute atomic E-state index is 12.4. The van der Waals surface area contributed by atoms with Gasteiger partial charge >= 0.3 is 12.1 Å². The number of piperidine rings is 1. The van der Waals surface area contributed by atoms with E-state index in [1.807, 2.05) is 31.2 Å². The highest BCUT2D eigenvalue weighted by Gasteiger charge is 2.40. The minimum absolute atomic E-state index is 0.00408. The Morgan fingerprint density at radius 2 is 1.63 bits per heavy atom. The molecule has 1 aliphatic carbocycles. The zero-order valence-corrected chi connectivity index (χ0v) is 19.9. The fraction of sp³-hybridized carbons (Fsp3) is 0.444. The van der Waals surface area contributed by atoms with Gasteiger partial charge in [0.2, 0.25) is 5.91 Å². The highest BCUT2D eigenvalue weighted by Crippen LogP contribution is 2.44. The molecule has 35 heavy (non-hydrogen) atoms. The summed E-state index contributed by atoms with van der Waals surface area (Å²) < 4.78 is 5.57. The quantitative estimate of drug-likeness (QED) is 0.532. The minimum Gasteiger partial charge on any atom is -0.479 e. The third-order valence-electron chi connectivity index (χ3n) is 7.08. The van der Waals surface area contributed by atoms with Crippen LogP contribution in [0.25, 0.3) is 11.1 Å². The van der Waals surface area contributed by atoms with E-state index >= 15 is 0 Å². The zero-order chi connectivity index (χ0) is 25.0. The van der Waals surface area contributed by atoms with Gasteiger partial charge in [0.1, 0.15) is 6.61 Å². The lowest BCUT2D eigenvalue weighted by Gasteiger charge is -2.35. The molecule has 8 heteroatoms. The fourth-order valence-electron chi connectivity index (χ4n) is 4.97. The number of likely N-dealkylation sites (tertiary alicyclic amines) is 1. The molecule has 2 aromatic carbocycles. The normalized spacial score (nSPS) is 17.3. The first-order valence-electron chi connectivity index (χ1n) is 12.1. The van der Waals surface area contributed by atoms with Crippen LogP contribution in [0.5, 0.6) is 0 Å². The summed E-state index contributed by atoms with van der Waals surface area (Å²) in [6, 6.07) is 16.2. The summed E-state index contributed by atoms with van der Waals surface area (Å²) >= 11 is 0. The van der Waals surface area contributed by atoms with Crippen molar-refractivity contribution in [2.24, 2.45) is 0 Å². The van der Waals surface area contributed by atoms with Crippen LogP contribution in [0.2, 0.25) is 0 Å². The maximum Gasteiger partial charge on any atom is 0.407 e. The Hall–Kier alpha value is -3.39. The Balaban J connectivity index is 1.19. The molecule has 4 rings (SSSR count). The molecule has 186 valence electrons. The molecule has 1 heterocycles. The van der Waals surface area contributed by atoms with E-state index in [0.717, 1.165) is 11.1 Å². The number of carbonyl (C=O) groups excluding carboxylic acids is 2. The molecule has 1 fully saturated rings. The summed E-state index contributed by atoms with van der Waals surface area (Å²) in [4.78, 5) is 37.6. The number of carbonyl (C=O) groups is 3. The number of amides is 2. The second-order valence-electron chi connectivity index (χ2n) is 9.48. The summed E-state index contributed by atoms with van der Waals surface area (Å²) in [5.41, 5.74) is 2.94. The van der Waals surface area contributed by atoms with Gasteiger partial charge in [0.25, 0.3) is 0 Å². The third kappa shape index (κ3) is 5.48. The van der Waals surface area contributed by atoms with E-state index in [9.17, 15) is 19.5 Å². The van der Waals surface area contributed by atoms with Gasteiger partial charge < -0.3 is 25.2 Å². The van der Waals surface area contributed by atoms with Gasteiger partial charge in [-0.25, -0.2) is 9.59 Å². The highest BCUT2D eigenvalue weighted by molar-refractivity contribution is 5.80. The molecule has 3 N–H and O–H groups in total. The van der Waals surface area contributed by atoms with Crippen LogP contribution in [0, 0.1) is 0 Å². The monoisotopic (exact) mass is 480 g/mol. The van der Waals surface area contributed by atoms with Crippen molar-refractivity contribution < 1.29 is 29.3 Å². The Labute approximate surface area is 204 Å². The van der Waals surface area contributed by atoms with Crippen molar-refractivity contribution in [2.45, 2.75) is 56.6 Å². The number of aliphatic hydroxyl groups is 1. The predicted octanol–water partition coefficient (Wildman–Crippen LogP) is 3.52. The number of carboxylic acids is 1. The van der Waals surface area contributed by atoms with E-state index in [0.29, 0.717) is 19.3 Å². The molecule has 0 spiro atoms. The number of hydrogen-bond donors (Lipinski definition) is 3. The molecule has 1 saturated heterocycles. The molecular formula is C27H32N2O6. The number of nitrogens with zero attached hydrogens (tertiary/aromatic N) is 1. The van der Waals surface area contributed by atoms with E-state index in [2.05, 4.69) is 29.6 Å². The smallest absolute Gasteiger partial charge is 0.407 e. The molecule has 0 bridgehead atoms. The minimum atomic E-state index is -1.74. The maximum atomic E-state index is 12.4. The summed E-state index contributed by atoms with van der Waals surface area (Å²) in [6.45, 7) is 2.59. The van der Waals surface area contributed by atoms with Gasteiger partial charge in [-0.3, -0.25) is 4.79 Å². The van der Waals surface area contributed by atoms with Gasteiger partial charge in [-0.05, 0) is 42.0 Å². The molecule has 1 unspecified atom stereocenters. The third-order valence-corrected chi connectivity index (χ3v) is 7.08. The van der Waals surface area contributed by atoms with E-state index in [-0.39, 0.29) is 50.4 Å². The van der Waals surface area contributed by atoms with Crippen LogP contribution in [-0.4, -0.2) is 64.4 Å². The average molecular weight is 481 g/mol. The van der Waals surface area contributed by atoms with Crippen LogP contribution >= 0.6 is 0 Å². The first-order valence-corrected chi connectivity index (χ1v) is 12.1. The van der Waals surface area contributed by atoms with Gasteiger partial charge in [0, 0.05) is 44.3 Å². The predicted molar refractivity (Wildman–Crippen MR) is 130 cm³/mol. The Morgan fingerprint density at radius 3 is 2.20 bits per heavy atom. The molecule has 0 saturated carbocycles. The van der Waals surface area contributed by atoms with Crippen molar-refractivity contribution in [2.75, 3.05) is 19.7 Å². The van der Waals surface area contributed by atoms with Crippen molar-refractivity contribution in [3.63, 3.8) is 0 Å². The van der Waals surface area contributed by atoms with Crippen LogP contribution in [0.15, 0.2) is 48.5 Å². The Bertz CT molecular complexity index is 1050. The number of hydrogen-bond acceptors (Lipinski definition) is 5. The lowest BCUT2D eigenvalue weighted by molar-refractivity contribution is -0.165. The van der Waals surface area contributed by atoms with Gasteiger partial charge in [0.15, 0.2) is 5.60 Å². The molecule has 2 aliphatic rings. The van der Waals surface area contributed by atoms with Crippen LogP contribution in [0.1, 0.15) is 56.1 Å².